The Hall–Kier alpha value is -1.84. The molecule has 0 spiro atoms. The number of carbonyl (C=O) groups is 1. The molecular weight excluding hydrogens is 198 g/mol. The first kappa shape index (κ1) is 8.74. The van der Waals surface area contributed by atoms with Gasteiger partial charge in [0.1, 0.15) is 0 Å². The van der Waals surface area contributed by atoms with Crippen LogP contribution >= 0.6 is 11.3 Å². The number of benzene rings is 1. The van der Waals surface area contributed by atoms with Crippen molar-refractivity contribution in [3.63, 3.8) is 0 Å². The molecule has 1 amide bonds. The number of hydrogen-bond acceptors (Lipinski definition) is 2. The van der Waals surface area contributed by atoms with E-state index in [1.807, 2.05) is 24.3 Å². The number of rotatable bonds is 1. The summed E-state index contributed by atoms with van der Waals surface area (Å²) in [5, 5.41) is 4.04. The van der Waals surface area contributed by atoms with E-state index in [0.29, 0.717) is 4.88 Å². The van der Waals surface area contributed by atoms with Crippen LogP contribution in [0.3, 0.4) is 0 Å². The quantitative estimate of drug-likeness (QED) is 0.398. The number of azide groups is 1. The zero-order chi connectivity index (χ0) is 9.97. The van der Waals surface area contributed by atoms with Crippen LogP contribution in [0.4, 0.5) is 0 Å². The van der Waals surface area contributed by atoms with E-state index in [4.69, 9.17) is 5.53 Å². The molecule has 0 saturated heterocycles. The highest BCUT2D eigenvalue weighted by molar-refractivity contribution is 7.20. The Balaban J connectivity index is 2.55. The first-order chi connectivity index (χ1) is 6.81. The van der Waals surface area contributed by atoms with Gasteiger partial charge in [-0.1, -0.05) is 18.2 Å². The van der Waals surface area contributed by atoms with Crippen LogP contribution in [0.15, 0.2) is 35.4 Å². The minimum atomic E-state index is -0.520. The number of nitrogens with zero attached hydrogens (tertiary/aromatic N) is 3. The molecule has 1 heterocycles. The highest BCUT2D eigenvalue weighted by Crippen LogP contribution is 2.25. The van der Waals surface area contributed by atoms with Crippen LogP contribution < -0.4 is 0 Å². The smallest absolute Gasteiger partial charge is 0.259 e. The van der Waals surface area contributed by atoms with Gasteiger partial charge in [-0.3, -0.25) is 4.79 Å². The number of carbonyl (C=O) groups excluding carboxylic acids is 1. The Kier molecular flexibility index (Phi) is 2.18. The van der Waals surface area contributed by atoms with Crippen LogP contribution in [0.5, 0.6) is 0 Å². The van der Waals surface area contributed by atoms with Gasteiger partial charge in [-0.15, -0.1) is 11.3 Å². The van der Waals surface area contributed by atoms with Crippen LogP contribution in [-0.2, 0) is 0 Å². The second-order valence-electron chi connectivity index (χ2n) is 2.64. The Bertz CT molecular complexity index is 507. The van der Waals surface area contributed by atoms with Gasteiger partial charge in [0.25, 0.3) is 5.91 Å². The number of thiophene rings is 1. The molecule has 14 heavy (non-hydrogen) atoms. The van der Waals surface area contributed by atoms with Gasteiger partial charge in [-0.05, 0) is 28.2 Å². The summed E-state index contributed by atoms with van der Waals surface area (Å²) in [7, 11) is 0. The Morgan fingerprint density at radius 3 is 2.93 bits per heavy atom. The molecule has 68 valence electrons. The molecule has 0 atom stereocenters. The molecule has 2 aromatic rings. The van der Waals surface area contributed by atoms with E-state index < -0.39 is 5.91 Å². The molecule has 0 saturated carbocycles. The maximum Gasteiger partial charge on any atom is 0.259 e. The number of amides is 1. The molecule has 5 heteroatoms. The van der Waals surface area contributed by atoms with Crippen molar-refractivity contribution in [1.82, 2.24) is 0 Å². The van der Waals surface area contributed by atoms with Gasteiger partial charge >= 0.3 is 0 Å². The lowest BCUT2D eigenvalue weighted by Crippen LogP contribution is -1.86. The van der Waals surface area contributed by atoms with E-state index >= 15 is 0 Å². The van der Waals surface area contributed by atoms with Crippen LogP contribution in [0.2, 0.25) is 0 Å². The Morgan fingerprint density at radius 2 is 2.21 bits per heavy atom. The molecule has 0 aliphatic heterocycles. The van der Waals surface area contributed by atoms with Crippen LogP contribution in [0.1, 0.15) is 9.67 Å². The van der Waals surface area contributed by atoms with Gasteiger partial charge in [0, 0.05) is 9.61 Å². The van der Waals surface area contributed by atoms with Gasteiger partial charge in [0.05, 0.1) is 4.88 Å². The molecular formula is C9H5N3OS. The highest BCUT2D eigenvalue weighted by atomic mass is 32.1. The largest absolute Gasteiger partial charge is 0.286 e. The monoisotopic (exact) mass is 203 g/mol. The fraction of sp³-hybridized carbons (Fsp3) is 0. The lowest BCUT2D eigenvalue weighted by atomic mass is 10.2. The maximum atomic E-state index is 11.2. The summed E-state index contributed by atoms with van der Waals surface area (Å²) in [5.74, 6) is -0.520. The number of fused-ring (bicyclic) bond motifs is 1. The zero-order valence-corrected chi connectivity index (χ0v) is 7.86. The molecule has 0 bridgehead atoms. The molecule has 2 rings (SSSR count). The van der Waals surface area contributed by atoms with E-state index in [-0.39, 0.29) is 0 Å². The topological polar surface area (TPSA) is 65.8 Å². The molecule has 1 aromatic carbocycles. The van der Waals surface area contributed by atoms with Crippen molar-refractivity contribution in [2.45, 2.75) is 0 Å². The summed E-state index contributed by atoms with van der Waals surface area (Å²) < 4.78 is 1.02. The summed E-state index contributed by atoms with van der Waals surface area (Å²) in [6, 6.07) is 9.38. The molecule has 0 radical (unpaired) electrons. The van der Waals surface area contributed by atoms with Crippen molar-refractivity contribution in [2.24, 2.45) is 5.11 Å². The Labute approximate surface area is 83.4 Å². The van der Waals surface area contributed by atoms with Gasteiger partial charge in [0.15, 0.2) is 0 Å². The van der Waals surface area contributed by atoms with Crippen molar-refractivity contribution in [3.8, 4) is 0 Å². The second kappa shape index (κ2) is 3.49. The lowest BCUT2D eigenvalue weighted by Gasteiger charge is -1.82. The summed E-state index contributed by atoms with van der Waals surface area (Å²) in [4.78, 5) is 14.1. The number of hydrogen-bond donors (Lipinski definition) is 0. The van der Waals surface area contributed by atoms with E-state index in [1.54, 1.807) is 6.07 Å². The molecule has 4 nitrogen and oxygen atoms in total. The van der Waals surface area contributed by atoms with Crippen molar-refractivity contribution < 1.29 is 4.79 Å². The van der Waals surface area contributed by atoms with Gasteiger partial charge < -0.3 is 0 Å². The van der Waals surface area contributed by atoms with Crippen molar-refractivity contribution >= 4 is 27.3 Å². The van der Waals surface area contributed by atoms with Crippen molar-refractivity contribution in [3.05, 3.63) is 45.7 Å². The molecule has 0 N–H and O–H groups in total. The predicted octanol–water partition coefficient (Wildman–Crippen LogP) is 3.35. The second-order valence-corrected chi connectivity index (χ2v) is 3.73. The summed E-state index contributed by atoms with van der Waals surface area (Å²) >= 11 is 1.33. The molecule has 0 aliphatic rings. The summed E-state index contributed by atoms with van der Waals surface area (Å²) in [6.07, 6.45) is 0. The van der Waals surface area contributed by atoms with Gasteiger partial charge in [-0.2, -0.15) is 0 Å². The van der Waals surface area contributed by atoms with Gasteiger partial charge in [0.2, 0.25) is 0 Å². The average Bonchev–Trinajstić information content (AvgIpc) is 2.61. The van der Waals surface area contributed by atoms with Crippen molar-refractivity contribution in [1.29, 1.82) is 0 Å². The molecule has 1 aromatic heterocycles. The van der Waals surface area contributed by atoms with Crippen molar-refractivity contribution in [2.75, 3.05) is 0 Å². The fourth-order valence-corrected chi connectivity index (χ4v) is 2.12. The fourth-order valence-electron chi connectivity index (χ4n) is 1.18. The minimum absolute atomic E-state index is 0.476. The van der Waals surface area contributed by atoms with E-state index in [0.717, 1.165) is 10.1 Å². The predicted molar refractivity (Wildman–Crippen MR) is 55.3 cm³/mol. The summed E-state index contributed by atoms with van der Waals surface area (Å²) in [5.41, 5.74) is 8.11. The zero-order valence-electron chi connectivity index (χ0n) is 7.04. The average molecular weight is 203 g/mol. The first-order valence-electron chi connectivity index (χ1n) is 3.89. The standard InChI is InChI=1S/C9H5N3OS/c10-12-11-9(13)8-5-6-3-1-2-4-7(6)14-8/h1-5H. The summed E-state index contributed by atoms with van der Waals surface area (Å²) in [6.45, 7) is 0. The molecule has 0 fully saturated rings. The van der Waals surface area contributed by atoms with Crippen LogP contribution in [-0.4, -0.2) is 5.91 Å². The third kappa shape index (κ3) is 1.46. The third-order valence-corrected chi connectivity index (χ3v) is 2.88. The highest BCUT2D eigenvalue weighted by Gasteiger charge is 2.07. The van der Waals surface area contributed by atoms with E-state index in [1.165, 1.54) is 11.3 Å². The lowest BCUT2D eigenvalue weighted by molar-refractivity contribution is 0.100. The van der Waals surface area contributed by atoms with Crippen LogP contribution in [0.25, 0.3) is 20.5 Å². The normalized spacial score (nSPS) is 9.71. The SMILES string of the molecule is [N-]=[N+]=NC(=O)c1cc2ccccc2s1. The van der Waals surface area contributed by atoms with E-state index in [2.05, 4.69) is 10.0 Å². The third-order valence-electron chi connectivity index (χ3n) is 1.77. The van der Waals surface area contributed by atoms with Gasteiger partial charge in [-0.25, -0.2) is 0 Å². The van der Waals surface area contributed by atoms with E-state index in [9.17, 15) is 4.79 Å². The first-order valence-corrected chi connectivity index (χ1v) is 4.71. The minimum Gasteiger partial charge on any atom is -0.286 e. The maximum absolute atomic E-state index is 11.2. The van der Waals surface area contributed by atoms with Crippen LogP contribution in [0, 0.1) is 0 Å². The molecule has 0 unspecified atom stereocenters. The Morgan fingerprint density at radius 1 is 1.43 bits per heavy atom. The molecule has 0 aliphatic carbocycles.